The third-order valence-corrected chi connectivity index (χ3v) is 3.56. The number of aromatic nitrogens is 2. The second kappa shape index (κ2) is 5.84. The highest BCUT2D eigenvalue weighted by Crippen LogP contribution is 2.25. The molecule has 5 nitrogen and oxygen atoms in total. The number of amides is 2. The predicted molar refractivity (Wildman–Crippen MR) is 71.1 cm³/mol. The number of halogens is 2. The van der Waals surface area contributed by atoms with Crippen molar-refractivity contribution in [2.24, 2.45) is 5.92 Å². The van der Waals surface area contributed by atoms with E-state index in [1.807, 2.05) is 0 Å². The van der Waals surface area contributed by atoms with Crippen molar-refractivity contribution in [2.45, 2.75) is 26.2 Å². The van der Waals surface area contributed by atoms with E-state index in [0.717, 1.165) is 12.8 Å². The molecule has 102 valence electrons. The number of rotatable bonds is 3. The maximum atomic E-state index is 12.3. The molecule has 1 aliphatic heterocycles. The molecule has 0 aliphatic carbocycles. The topological polar surface area (TPSA) is 63.2 Å². The van der Waals surface area contributed by atoms with E-state index in [9.17, 15) is 9.59 Å². The molecule has 0 saturated carbocycles. The fraction of sp³-hybridized carbons (Fsp3) is 0.500. The summed E-state index contributed by atoms with van der Waals surface area (Å²) >= 11 is 11.5. The first-order valence-corrected chi connectivity index (χ1v) is 6.82. The average molecular weight is 302 g/mol. The van der Waals surface area contributed by atoms with Crippen molar-refractivity contribution >= 4 is 35.0 Å². The minimum atomic E-state index is -0.453. The van der Waals surface area contributed by atoms with Crippen LogP contribution in [0, 0.1) is 5.92 Å². The molecule has 1 aromatic rings. The van der Waals surface area contributed by atoms with Crippen LogP contribution in [0.5, 0.6) is 0 Å². The zero-order valence-corrected chi connectivity index (χ0v) is 11.9. The molecule has 0 bridgehead atoms. The van der Waals surface area contributed by atoms with E-state index in [1.54, 1.807) is 0 Å². The minimum absolute atomic E-state index is 0.0406. The first-order valence-electron chi connectivity index (χ1n) is 6.06. The summed E-state index contributed by atoms with van der Waals surface area (Å²) in [6.07, 6.45) is 2.32. The lowest BCUT2D eigenvalue weighted by molar-refractivity contribution is -0.125. The maximum Gasteiger partial charge on any atom is 0.263 e. The molecular weight excluding hydrogens is 289 g/mol. The van der Waals surface area contributed by atoms with Gasteiger partial charge in [-0.25, -0.2) is 0 Å². The Morgan fingerprint density at radius 1 is 1.47 bits per heavy atom. The normalized spacial score (nSPS) is 19.0. The number of likely N-dealkylation sites (tertiary alicyclic amines) is 1. The lowest BCUT2D eigenvalue weighted by Crippen LogP contribution is -2.32. The number of imide groups is 1. The average Bonchev–Trinajstić information content (AvgIpc) is 2.73. The fourth-order valence-corrected chi connectivity index (χ4v) is 2.55. The molecule has 19 heavy (non-hydrogen) atoms. The molecule has 2 rings (SSSR count). The van der Waals surface area contributed by atoms with Crippen molar-refractivity contribution in [1.82, 2.24) is 15.1 Å². The molecule has 1 unspecified atom stereocenters. The molecule has 1 aromatic heterocycles. The van der Waals surface area contributed by atoms with E-state index in [4.69, 9.17) is 23.2 Å². The lowest BCUT2D eigenvalue weighted by Gasteiger charge is -2.15. The van der Waals surface area contributed by atoms with Gasteiger partial charge in [0.2, 0.25) is 5.91 Å². The third-order valence-electron chi connectivity index (χ3n) is 3.10. The molecule has 7 heteroatoms. The first-order chi connectivity index (χ1) is 9.02. The Hall–Kier alpha value is -1.20. The highest BCUT2D eigenvalue weighted by atomic mass is 35.5. The van der Waals surface area contributed by atoms with Gasteiger partial charge in [-0.2, -0.15) is 0 Å². The van der Waals surface area contributed by atoms with Crippen LogP contribution in [0.1, 0.15) is 36.5 Å². The Kier molecular flexibility index (Phi) is 4.37. The second-order valence-electron chi connectivity index (χ2n) is 4.54. The van der Waals surface area contributed by atoms with Gasteiger partial charge in [0, 0.05) is 13.0 Å². The quantitative estimate of drug-likeness (QED) is 0.805. The fourth-order valence-electron chi connectivity index (χ4n) is 2.23. The third kappa shape index (κ3) is 3.04. The molecule has 0 aromatic carbocycles. The molecule has 1 fully saturated rings. The summed E-state index contributed by atoms with van der Waals surface area (Å²) in [6.45, 7) is 2.49. The van der Waals surface area contributed by atoms with Gasteiger partial charge in [0.1, 0.15) is 0 Å². The largest absolute Gasteiger partial charge is 0.278 e. The summed E-state index contributed by atoms with van der Waals surface area (Å²) in [5.41, 5.74) is 0.118. The van der Waals surface area contributed by atoms with Crippen molar-refractivity contribution in [1.29, 1.82) is 0 Å². The van der Waals surface area contributed by atoms with E-state index in [1.165, 1.54) is 11.0 Å². The molecule has 2 heterocycles. The molecule has 0 spiro atoms. The molecular formula is C12H13Cl2N3O2. The van der Waals surface area contributed by atoms with E-state index < -0.39 is 5.91 Å². The Labute approximate surface area is 120 Å². The standard InChI is InChI=1S/C12H13Cl2N3O2/c1-2-3-7-4-10(18)17(6-7)12(19)8-5-9(13)15-16-11(8)14/h5,7H,2-4,6H2,1H3. The van der Waals surface area contributed by atoms with Gasteiger partial charge in [0.05, 0.1) is 5.56 Å². The summed E-state index contributed by atoms with van der Waals surface area (Å²) in [6, 6.07) is 1.33. The highest BCUT2D eigenvalue weighted by Gasteiger charge is 2.34. The van der Waals surface area contributed by atoms with Gasteiger partial charge in [0.25, 0.3) is 5.91 Å². The van der Waals surface area contributed by atoms with Gasteiger partial charge in [-0.05, 0) is 18.4 Å². The Morgan fingerprint density at radius 2 is 2.21 bits per heavy atom. The van der Waals surface area contributed by atoms with Crippen molar-refractivity contribution in [2.75, 3.05) is 6.54 Å². The van der Waals surface area contributed by atoms with Crippen LogP contribution in [-0.2, 0) is 4.79 Å². The molecule has 1 atom stereocenters. The number of nitrogens with zero attached hydrogens (tertiary/aromatic N) is 3. The molecule has 1 saturated heterocycles. The van der Waals surface area contributed by atoms with Gasteiger partial charge in [0.15, 0.2) is 10.3 Å². The number of hydrogen-bond acceptors (Lipinski definition) is 4. The second-order valence-corrected chi connectivity index (χ2v) is 5.29. The van der Waals surface area contributed by atoms with E-state index in [-0.39, 0.29) is 27.7 Å². The minimum Gasteiger partial charge on any atom is -0.278 e. The van der Waals surface area contributed by atoms with Crippen LogP contribution < -0.4 is 0 Å². The van der Waals surface area contributed by atoms with Gasteiger partial charge in [-0.3, -0.25) is 14.5 Å². The summed E-state index contributed by atoms with van der Waals surface area (Å²) in [4.78, 5) is 25.4. The SMILES string of the molecule is CCCC1CC(=O)N(C(=O)c2cc(Cl)nnc2Cl)C1. The number of hydrogen-bond donors (Lipinski definition) is 0. The van der Waals surface area contributed by atoms with E-state index in [0.29, 0.717) is 13.0 Å². The van der Waals surface area contributed by atoms with Gasteiger partial charge >= 0.3 is 0 Å². The Morgan fingerprint density at radius 3 is 2.89 bits per heavy atom. The van der Waals surface area contributed by atoms with E-state index in [2.05, 4.69) is 17.1 Å². The predicted octanol–water partition coefficient (Wildman–Crippen LogP) is 2.57. The number of carbonyl (C=O) groups excluding carboxylic acids is 2. The molecule has 0 N–H and O–H groups in total. The van der Waals surface area contributed by atoms with Crippen LogP contribution in [0.25, 0.3) is 0 Å². The monoisotopic (exact) mass is 301 g/mol. The lowest BCUT2D eigenvalue weighted by atomic mass is 10.0. The zero-order valence-electron chi connectivity index (χ0n) is 10.4. The van der Waals surface area contributed by atoms with Crippen LogP contribution in [-0.4, -0.2) is 33.5 Å². The zero-order chi connectivity index (χ0) is 14.0. The van der Waals surface area contributed by atoms with Gasteiger partial charge < -0.3 is 0 Å². The Bertz CT molecular complexity index is 522. The van der Waals surface area contributed by atoms with Gasteiger partial charge in [-0.1, -0.05) is 36.5 Å². The summed E-state index contributed by atoms with van der Waals surface area (Å²) in [5.74, 6) is -0.400. The molecule has 1 aliphatic rings. The van der Waals surface area contributed by atoms with Crippen molar-refractivity contribution in [3.05, 3.63) is 21.9 Å². The summed E-state index contributed by atoms with van der Waals surface area (Å²) in [5, 5.41) is 7.15. The van der Waals surface area contributed by atoms with Gasteiger partial charge in [-0.15, -0.1) is 10.2 Å². The Balaban J connectivity index is 2.20. The smallest absolute Gasteiger partial charge is 0.263 e. The van der Waals surface area contributed by atoms with Crippen LogP contribution in [0.4, 0.5) is 0 Å². The summed E-state index contributed by atoms with van der Waals surface area (Å²) < 4.78 is 0. The first kappa shape index (κ1) is 14.2. The van der Waals surface area contributed by atoms with Crippen LogP contribution in [0.2, 0.25) is 10.3 Å². The number of carbonyl (C=O) groups is 2. The van der Waals surface area contributed by atoms with Crippen molar-refractivity contribution in [3.63, 3.8) is 0 Å². The molecule has 2 amide bonds. The highest BCUT2D eigenvalue weighted by molar-refractivity contribution is 6.34. The van der Waals surface area contributed by atoms with Crippen molar-refractivity contribution < 1.29 is 9.59 Å². The van der Waals surface area contributed by atoms with Crippen LogP contribution in [0.3, 0.4) is 0 Å². The van der Waals surface area contributed by atoms with Crippen LogP contribution in [0.15, 0.2) is 6.07 Å². The van der Waals surface area contributed by atoms with Crippen molar-refractivity contribution in [3.8, 4) is 0 Å². The maximum absolute atomic E-state index is 12.3. The van der Waals surface area contributed by atoms with Crippen LogP contribution >= 0.6 is 23.2 Å². The molecule has 0 radical (unpaired) electrons. The van der Waals surface area contributed by atoms with E-state index >= 15 is 0 Å². The summed E-state index contributed by atoms with van der Waals surface area (Å²) in [7, 11) is 0.